The molecule has 0 atom stereocenters. The summed E-state index contributed by atoms with van der Waals surface area (Å²) in [6.45, 7) is 14.6. The third-order valence-electron chi connectivity index (χ3n) is 3.67. The van der Waals surface area contributed by atoms with E-state index in [1.54, 1.807) is 0 Å². The molecule has 0 bridgehead atoms. The normalized spacial score (nSPS) is 25.4. The Morgan fingerprint density at radius 3 is 2.00 bits per heavy atom. The maximum absolute atomic E-state index is 6.16. The summed E-state index contributed by atoms with van der Waals surface area (Å²) in [6.07, 6.45) is 4.50. The van der Waals surface area contributed by atoms with Crippen LogP contribution in [0.5, 0.6) is 0 Å². The van der Waals surface area contributed by atoms with Crippen molar-refractivity contribution in [3.05, 3.63) is 11.6 Å². The number of hydrogen-bond donors (Lipinski definition) is 1. The number of rotatable bonds is 2. The van der Waals surface area contributed by atoms with Crippen molar-refractivity contribution in [2.75, 3.05) is 6.54 Å². The first-order valence-electron chi connectivity index (χ1n) is 6.32. The van der Waals surface area contributed by atoms with Crippen LogP contribution in [0.4, 0.5) is 0 Å². The van der Waals surface area contributed by atoms with Gasteiger partial charge in [0, 0.05) is 23.7 Å². The first kappa shape index (κ1) is 13.7. The average molecular weight is 224 g/mol. The van der Waals surface area contributed by atoms with Gasteiger partial charge in [-0.15, -0.1) is 0 Å². The Morgan fingerprint density at radius 2 is 1.62 bits per heavy atom. The molecular weight excluding hydrogens is 196 g/mol. The predicted molar refractivity (Wildman–Crippen MR) is 71.5 cm³/mol. The second-order valence-corrected chi connectivity index (χ2v) is 6.69. The minimum atomic E-state index is 0.202. The number of allylic oxidation sites excluding steroid dienone is 1. The molecule has 1 saturated heterocycles. The van der Waals surface area contributed by atoms with Gasteiger partial charge in [-0.25, -0.2) is 0 Å². The molecule has 94 valence electrons. The second kappa shape index (κ2) is 4.50. The Hall–Kier alpha value is -0.340. The first-order valence-corrected chi connectivity index (χ1v) is 6.32. The van der Waals surface area contributed by atoms with Crippen molar-refractivity contribution in [3.8, 4) is 0 Å². The molecule has 0 aromatic heterocycles. The van der Waals surface area contributed by atoms with Crippen LogP contribution in [-0.2, 0) is 0 Å². The van der Waals surface area contributed by atoms with E-state index < -0.39 is 0 Å². The maximum Gasteiger partial charge on any atom is 0.0176 e. The summed E-state index contributed by atoms with van der Waals surface area (Å²) < 4.78 is 0. The maximum atomic E-state index is 6.16. The molecule has 1 rings (SSSR count). The van der Waals surface area contributed by atoms with Gasteiger partial charge in [-0.05, 0) is 54.4 Å². The zero-order valence-electron chi connectivity index (χ0n) is 11.8. The minimum Gasteiger partial charge on any atom is -0.328 e. The van der Waals surface area contributed by atoms with Crippen LogP contribution in [0.1, 0.15) is 54.4 Å². The van der Waals surface area contributed by atoms with E-state index in [1.165, 1.54) is 5.57 Å². The zero-order valence-corrected chi connectivity index (χ0v) is 11.8. The van der Waals surface area contributed by atoms with Crippen molar-refractivity contribution in [3.63, 3.8) is 0 Å². The molecule has 0 unspecified atom stereocenters. The Balaban J connectivity index is 2.88. The Bertz CT molecular complexity index is 254. The Kier molecular flexibility index (Phi) is 3.86. The zero-order chi connectivity index (χ0) is 12.6. The quantitative estimate of drug-likeness (QED) is 0.731. The lowest BCUT2D eigenvalue weighted by Crippen LogP contribution is -2.63. The van der Waals surface area contributed by atoms with Crippen molar-refractivity contribution in [2.45, 2.75) is 71.5 Å². The summed E-state index contributed by atoms with van der Waals surface area (Å²) in [6, 6.07) is 0.341. The van der Waals surface area contributed by atoms with Gasteiger partial charge in [0.25, 0.3) is 0 Å². The van der Waals surface area contributed by atoms with Gasteiger partial charge >= 0.3 is 0 Å². The van der Waals surface area contributed by atoms with Crippen molar-refractivity contribution >= 4 is 0 Å². The molecule has 1 fully saturated rings. The highest BCUT2D eigenvalue weighted by Crippen LogP contribution is 2.37. The van der Waals surface area contributed by atoms with Crippen molar-refractivity contribution in [1.82, 2.24) is 4.90 Å². The number of hydrogen-bond acceptors (Lipinski definition) is 2. The fourth-order valence-electron chi connectivity index (χ4n) is 3.16. The smallest absolute Gasteiger partial charge is 0.0176 e. The van der Waals surface area contributed by atoms with Crippen LogP contribution in [0, 0.1) is 0 Å². The monoisotopic (exact) mass is 224 g/mol. The van der Waals surface area contributed by atoms with Crippen LogP contribution < -0.4 is 5.73 Å². The highest BCUT2D eigenvalue weighted by molar-refractivity contribution is 5.05. The lowest BCUT2D eigenvalue weighted by atomic mass is 9.77. The van der Waals surface area contributed by atoms with Crippen LogP contribution in [0.25, 0.3) is 0 Å². The first-order chi connectivity index (χ1) is 7.15. The molecule has 0 spiro atoms. The Labute approximate surface area is 101 Å². The SMILES string of the molecule is CC(C)=CCN1C(C)(C)CC(N)CC1(C)C. The van der Waals surface area contributed by atoms with Crippen molar-refractivity contribution in [1.29, 1.82) is 0 Å². The fraction of sp³-hybridized carbons (Fsp3) is 0.857. The molecule has 0 amide bonds. The van der Waals surface area contributed by atoms with Gasteiger partial charge in [-0.3, -0.25) is 4.90 Å². The molecule has 16 heavy (non-hydrogen) atoms. The van der Waals surface area contributed by atoms with E-state index in [1.807, 2.05) is 0 Å². The highest BCUT2D eigenvalue weighted by Gasteiger charge is 2.43. The van der Waals surface area contributed by atoms with E-state index >= 15 is 0 Å². The van der Waals surface area contributed by atoms with Crippen molar-refractivity contribution in [2.24, 2.45) is 5.73 Å². The molecule has 0 radical (unpaired) electrons. The molecule has 0 saturated carbocycles. The van der Waals surface area contributed by atoms with E-state index in [2.05, 4.69) is 52.5 Å². The summed E-state index contributed by atoms with van der Waals surface area (Å²) >= 11 is 0. The van der Waals surface area contributed by atoms with E-state index in [0.717, 1.165) is 19.4 Å². The third-order valence-corrected chi connectivity index (χ3v) is 3.67. The van der Waals surface area contributed by atoms with Gasteiger partial charge < -0.3 is 5.73 Å². The summed E-state index contributed by atoms with van der Waals surface area (Å²) in [4.78, 5) is 2.59. The van der Waals surface area contributed by atoms with E-state index in [4.69, 9.17) is 5.73 Å². The van der Waals surface area contributed by atoms with Crippen LogP contribution >= 0.6 is 0 Å². The van der Waals surface area contributed by atoms with Gasteiger partial charge in [0.15, 0.2) is 0 Å². The summed E-state index contributed by atoms with van der Waals surface area (Å²) in [5.74, 6) is 0. The highest BCUT2D eigenvalue weighted by atomic mass is 15.3. The summed E-state index contributed by atoms with van der Waals surface area (Å²) in [5, 5.41) is 0. The van der Waals surface area contributed by atoms with Gasteiger partial charge in [-0.2, -0.15) is 0 Å². The topological polar surface area (TPSA) is 29.3 Å². The Morgan fingerprint density at radius 1 is 1.19 bits per heavy atom. The number of nitrogens with zero attached hydrogens (tertiary/aromatic N) is 1. The molecular formula is C14H28N2. The number of nitrogens with two attached hydrogens (primary N) is 1. The van der Waals surface area contributed by atoms with E-state index in [-0.39, 0.29) is 11.1 Å². The molecule has 2 N–H and O–H groups in total. The standard InChI is InChI=1S/C14H28N2/c1-11(2)7-8-16-13(3,4)9-12(15)10-14(16,5)6/h7,12H,8-10,15H2,1-6H3. The largest absolute Gasteiger partial charge is 0.328 e. The lowest BCUT2D eigenvalue weighted by molar-refractivity contribution is -0.0248. The number of likely N-dealkylation sites (tertiary alicyclic amines) is 1. The predicted octanol–water partition coefficient (Wildman–Crippen LogP) is 2.93. The van der Waals surface area contributed by atoms with Gasteiger partial charge in [0.1, 0.15) is 0 Å². The van der Waals surface area contributed by atoms with Crippen LogP contribution in [-0.4, -0.2) is 28.6 Å². The average Bonchev–Trinajstić information content (AvgIpc) is 1.96. The fourth-order valence-corrected chi connectivity index (χ4v) is 3.16. The molecule has 1 aliphatic heterocycles. The van der Waals surface area contributed by atoms with E-state index in [9.17, 15) is 0 Å². The van der Waals surface area contributed by atoms with Gasteiger partial charge in [0.05, 0.1) is 0 Å². The summed E-state index contributed by atoms with van der Waals surface area (Å²) in [7, 11) is 0. The van der Waals surface area contributed by atoms with Crippen molar-refractivity contribution < 1.29 is 0 Å². The summed E-state index contributed by atoms with van der Waals surface area (Å²) in [5.41, 5.74) is 7.96. The van der Waals surface area contributed by atoms with Crippen LogP contribution in [0.3, 0.4) is 0 Å². The molecule has 0 aliphatic carbocycles. The molecule has 2 heteroatoms. The molecule has 1 aliphatic rings. The van der Waals surface area contributed by atoms with E-state index in [0.29, 0.717) is 6.04 Å². The minimum absolute atomic E-state index is 0.202. The van der Waals surface area contributed by atoms with Crippen LogP contribution in [0.2, 0.25) is 0 Å². The van der Waals surface area contributed by atoms with Crippen LogP contribution in [0.15, 0.2) is 11.6 Å². The lowest BCUT2D eigenvalue weighted by Gasteiger charge is -2.54. The molecule has 0 aromatic carbocycles. The second-order valence-electron chi connectivity index (χ2n) is 6.69. The number of piperidine rings is 1. The molecule has 0 aromatic rings. The van der Waals surface area contributed by atoms with Gasteiger partial charge in [0.2, 0.25) is 0 Å². The van der Waals surface area contributed by atoms with Gasteiger partial charge in [-0.1, -0.05) is 11.6 Å². The molecule has 1 heterocycles. The third kappa shape index (κ3) is 3.08. The molecule has 2 nitrogen and oxygen atoms in total.